The van der Waals surface area contributed by atoms with Crippen molar-refractivity contribution >= 4 is 34.3 Å². The summed E-state index contributed by atoms with van der Waals surface area (Å²) in [5.41, 5.74) is 1.00. The zero-order valence-electron chi connectivity index (χ0n) is 23.1. The van der Waals surface area contributed by atoms with Crippen molar-refractivity contribution in [3.63, 3.8) is 0 Å². The van der Waals surface area contributed by atoms with Crippen LogP contribution in [0.3, 0.4) is 0 Å². The molecule has 4 heterocycles. The molecule has 3 aliphatic heterocycles. The molecule has 238 valence electrons. The average Bonchev–Trinajstić information content (AvgIpc) is 3.51. The Morgan fingerprint density at radius 3 is 2.36 bits per heavy atom. The van der Waals surface area contributed by atoms with Crippen LogP contribution < -0.4 is 14.4 Å². The molecule has 0 bridgehead atoms. The first-order valence-corrected chi connectivity index (χ1v) is 13.8. The quantitative estimate of drug-likeness (QED) is 0.381. The number of aliphatic carboxylic acids is 1. The van der Waals surface area contributed by atoms with Crippen LogP contribution in [0.25, 0.3) is 10.9 Å². The van der Waals surface area contributed by atoms with Gasteiger partial charge >= 0.3 is 18.3 Å². The molecule has 0 saturated carbocycles. The standard InChI is InChI=1S/C26H26ClF3N4O3.C2HF3O2/c1-36-17-3-4-19-18(11-17)23(32-24(31-19)26(28,29)30)34-13-20(21(35)14-34)33-8-6-25(7-9-33)12-15-10-16(27)2-5-22(15)37-25;3-2(4,5)1(6)7/h2-5,10-11,20-21,35H,6-9,12-14H2,1H3;(H,6,7)/t20?,21-;/m1./s1. The number of carboxylic acid groups (broad SMARTS) is 1. The first-order chi connectivity index (χ1) is 20.6. The molecule has 1 spiro atoms. The van der Waals surface area contributed by atoms with Crippen molar-refractivity contribution in [1.29, 1.82) is 0 Å². The van der Waals surface area contributed by atoms with E-state index in [1.165, 1.54) is 13.2 Å². The molecule has 0 amide bonds. The largest absolute Gasteiger partial charge is 0.497 e. The predicted octanol–water partition coefficient (Wildman–Crippen LogP) is 4.96. The number of methoxy groups -OCH3 is 1. The fraction of sp³-hybridized carbons (Fsp3) is 0.464. The summed E-state index contributed by atoms with van der Waals surface area (Å²) in [5, 5.41) is 19.3. The first-order valence-electron chi connectivity index (χ1n) is 13.5. The molecule has 0 radical (unpaired) electrons. The topological polar surface area (TPSA) is 108 Å². The second-order valence-corrected chi connectivity index (χ2v) is 11.3. The molecule has 3 aromatic rings. The maximum absolute atomic E-state index is 13.6. The van der Waals surface area contributed by atoms with Crippen LogP contribution in [-0.4, -0.2) is 88.3 Å². The third kappa shape index (κ3) is 6.59. The minimum absolute atomic E-state index is 0.151. The molecule has 2 N–H and O–H groups in total. The molecule has 2 aromatic carbocycles. The zero-order chi connectivity index (χ0) is 32.0. The van der Waals surface area contributed by atoms with Crippen LogP contribution in [0.4, 0.5) is 32.2 Å². The highest BCUT2D eigenvalue weighted by Crippen LogP contribution is 2.43. The van der Waals surface area contributed by atoms with Gasteiger partial charge in [0.25, 0.3) is 0 Å². The molecule has 2 saturated heterocycles. The first kappa shape index (κ1) is 31.9. The molecule has 2 atom stereocenters. The number of piperidine rings is 1. The average molecular weight is 649 g/mol. The van der Waals surface area contributed by atoms with Gasteiger partial charge in [-0.15, -0.1) is 0 Å². The van der Waals surface area contributed by atoms with E-state index in [0.717, 1.165) is 30.6 Å². The smallest absolute Gasteiger partial charge is 0.490 e. The van der Waals surface area contributed by atoms with E-state index in [4.69, 9.17) is 31.0 Å². The van der Waals surface area contributed by atoms with E-state index < -0.39 is 30.3 Å². The van der Waals surface area contributed by atoms with Gasteiger partial charge in [0.15, 0.2) is 0 Å². The van der Waals surface area contributed by atoms with Gasteiger partial charge in [-0.3, -0.25) is 4.90 Å². The summed E-state index contributed by atoms with van der Waals surface area (Å²) in [7, 11) is 1.49. The Morgan fingerprint density at radius 1 is 1.07 bits per heavy atom. The number of likely N-dealkylation sites (tertiary alicyclic amines) is 1. The molecule has 2 fully saturated rings. The summed E-state index contributed by atoms with van der Waals surface area (Å²) in [6, 6.07) is 10.2. The molecule has 1 unspecified atom stereocenters. The number of aliphatic hydroxyl groups is 1. The minimum atomic E-state index is -5.08. The van der Waals surface area contributed by atoms with Crippen LogP contribution in [0.5, 0.6) is 11.5 Å². The van der Waals surface area contributed by atoms with E-state index in [1.54, 1.807) is 17.0 Å². The monoisotopic (exact) mass is 648 g/mol. The Bertz CT molecular complexity index is 1550. The molecule has 16 heteroatoms. The zero-order valence-corrected chi connectivity index (χ0v) is 23.9. The number of carbonyl (C=O) groups is 1. The number of halogens is 7. The number of anilines is 1. The van der Waals surface area contributed by atoms with E-state index in [2.05, 4.69) is 14.9 Å². The summed E-state index contributed by atoms with van der Waals surface area (Å²) in [6.07, 6.45) is -8.14. The number of β-amino-alcohol motifs (C(OH)–C–C–N with tert-alkyl or cyclic N) is 1. The van der Waals surface area contributed by atoms with Gasteiger partial charge in [-0.05, 0) is 42.0 Å². The van der Waals surface area contributed by atoms with Crippen molar-refractivity contribution in [3.8, 4) is 11.5 Å². The van der Waals surface area contributed by atoms with E-state index in [1.807, 2.05) is 18.2 Å². The summed E-state index contributed by atoms with van der Waals surface area (Å²) in [4.78, 5) is 20.5. The van der Waals surface area contributed by atoms with Crippen molar-refractivity contribution in [1.82, 2.24) is 14.9 Å². The van der Waals surface area contributed by atoms with Crippen molar-refractivity contribution in [2.45, 2.75) is 49.4 Å². The molecule has 6 rings (SSSR count). The lowest BCUT2D eigenvalue weighted by Crippen LogP contribution is -2.53. The van der Waals surface area contributed by atoms with Crippen LogP contribution >= 0.6 is 11.6 Å². The van der Waals surface area contributed by atoms with E-state index in [9.17, 15) is 31.4 Å². The maximum Gasteiger partial charge on any atom is 0.490 e. The number of benzene rings is 2. The number of rotatable bonds is 3. The van der Waals surface area contributed by atoms with Crippen LogP contribution in [0.15, 0.2) is 36.4 Å². The Balaban J connectivity index is 0.000000493. The van der Waals surface area contributed by atoms with Crippen molar-refractivity contribution in [2.24, 2.45) is 0 Å². The minimum Gasteiger partial charge on any atom is -0.497 e. The number of aliphatic hydroxyl groups excluding tert-OH is 1. The van der Waals surface area contributed by atoms with Crippen LogP contribution in [0.2, 0.25) is 5.02 Å². The molecule has 1 aromatic heterocycles. The number of nitrogens with zero attached hydrogens (tertiary/aromatic N) is 4. The fourth-order valence-corrected chi connectivity index (χ4v) is 6.03. The lowest BCUT2D eigenvalue weighted by atomic mass is 9.86. The van der Waals surface area contributed by atoms with Crippen LogP contribution in [-0.2, 0) is 17.4 Å². The third-order valence-corrected chi connectivity index (χ3v) is 8.21. The van der Waals surface area contributed by atoms with E-state index in [0.29, 0.717) is 35.8 Å². The highest BCUT2D eigenvalue weighted by Gasteiger charge is 2.46. The Morgan fingerprint density at radius 2 is 1.75 bits per heavy atom. The second-order valence-electron chi connectivity index (χ2n) is 10.8. The Kier molecular flexibility index (Phi) is 8.50. The molecule has 9 nitrogen and oxygen atoms in total. The van der Waals surface area contributed by atoms with Gasteiger partial charge in [-0.1, -0.05) is 11.6 Å². The van der Waals surface area contributed by atoms with Gasteiger partial charge < -0.3 is 24.6 Å². The molecular weight excluding hydrogens is 622 g/mol. The SMILES string of the molecule is COc1ccc2nc(C(F)(F)F)nc(N3CC(N4CCC5(CC4)Cc4cc(Cl)ccc4O5)[C@H](O)C3)c2c1.O=C(O)C(F)(F)F. The summed E-state index contributed by atoms with van der Waals surface area (Å²) < 4.78 is 84.1. The Hall–Kier alpha value is -3.56. The number of carboxylic acids is 1. The van der Waals surface area contributed by atoms with Gasteiger partial charge in [-0.2, -0.15) is 26.3 Å². The fourth-order valence-electron chi connectivity index (χ4n) is 5.83. The summed E-state index contributed by atoms with van der Waals surface area (Å²) in [5.74, 6) is -2.44. The summed E-state index contributed by atoms with van der Waals surface area (Å²) >= 11 is 6.15. The number of alkyl halides is 6. The second kappa shape index (κ2) is 11.7. The van der Waals surface area contributed by atoms with Crippen molar-refractivity contribution in [3.05, 3.63) is 52.8 Å². The lowest BCUT2D eigenvalue weighted by Gasteiger charge is -2.41. The van der Waals surface area contributed by atoms with Gasteiger partial charge in [0.05, 0.1) is 24.8 Å². The van der Waals surface area contributed by atoms with Gasteiger partial charge in [0, 0.05) is 55.9 Å². The normalized spacial score (nSPS) is 21.5. The van der Waals surface area contributed by atoms with Crippen LogP contribution in [0.1, 0.15) is 24.2 Å². The van der Waals surface area contributed by atoms with E-state index in [-0.39, 0.29) is 29.5 Å². The molecule has 3 aliphatic rings. The van der Waals surface area contributed by atoms with Gasteiger partial charge in [0.2, 0.25) is 5.82 Å². The highest BCUT2D eigenvalue weighted by atomic mass is 35.5. The number of fused-ring (bicyclic) bond motifs is 2. The number of ether oxygens (including phenoxy) is 2. The molecule has 44 heavy (non-hydrogen) atoms. The number of aromatic nitrogens is 2. The Labute approximate surface area is 252 Å². The summed E-state index contributed by atoms with van der Waals surface area (Å²) in [6.45, 7) is 1.95. The number of hydrogen-bond acceptors (Lipinski definition) is 8. The van der Waals surface area contributed by atoms with Gasteiger partial charge in [-0.25, -0.2) is 14.8 Å². The third-order valence-electron chi connectivity index (χ3n) is 7.98. The molecular formula is C28H27ClF6N4O5. The van der Waals surface area contributed by atoms with Crippen molar-refractivity contribution in [2.75, 3.05) is 38.2 Å². The van der Waals surface area contributed by atoms with Crippen molar-refractivity contribution < 1.29 is 50.8 Å². The van der Waals surface area contributed by atoms with Gasteiger partial charge in [0.1, 0.15) is 22.9 Å². The highest BCUT2D eigenvalue weighted by molar-refractivity contribution is 6.30. The maximum atomic E-state index is 13.6. The molecule has 0 aliphatic carbocycles. The van der Waals surface area contributed by atoms with Crippen LogP contribution in [0, 0.1) is 0 Å². The number of hydrogen-bond donors (Lipinski definition) is 2. The van der Waals surface area contributed by atoms with E-state index >= 15 is 0 Å². The lowest BCUT2D eigenvalue weighted by molar-refractivity contribution is -0.192. The predicted molar refractivity (Wildman–Crippen MR) is 146 cm³/mol.